The number of benzene rings is 2. The standard InChI is InChI=1S/C19H22ClN3O5S/c1-4-28-17-9-8-14(20)10-18(17)29(26,27)23(3)12-19(25)22-16-7-5-6-15(11-16)21-13(2)24/h5-11H,4,12H2,1-3H3,(H,21,24)(H,22,25). The lowest BCUT2D eigenvalue weighted by Crippen LogP contribution is -2.35. The first-order chi connectivity index (χ1) is 13.6. The van der Waals surface area contributed by atoms with Crippen LogP contribution in [0.25, 0.3) is 0 Å². The Hall–Kier alpha value is -2.62. The predicted octanol–water partition coefficient (Wildman–Crippen LogP) is 2.96. The van der Waals surface area contributed by atoms with E-state index in [2.05, 4.69) is 10.6 Å². The number of halogens is 1. The molecule has 2 amide bonds. The van der Waals surface area contributed by atoms with Crippen molar-refractivity contribution in [3.8, 4) is 5.75 Å². The molecule has 0 aliphatic carbocycles. The van der Waals surface area contributed by atoms with Crippen LogP contribution in [-0.4, -0.2) is 44.7 Å². The van der Waals surface area contributed by atoms with Crippen LogP contribution < -0.4 is 15.4 Å². The van der Waals surface area contributed by atoms with Gasteiger partial charge in [0.2, 0.25) is 21.8 Å². The quantitative estimate of drug-likeness (QED) is 0.657. The molecule has 156 valence electrons. The fourth-order valence-electron chi connectivity index (χ4n) is 2.49. The van der Waals surface area contributed by atoms with Crippen molar-refractivity contribution in [2.24, 2.45) is 0 Å². The Balaban J connectivity index is 2.15. The number of rotatable bonds is 8. The number of hydrogen-bond donors (Lipinski definition) is 2. The Kier molecular flexibility index (Phi) is 7.60. The Morgan fingerprint density at radius 3 is 2.38 bits per heavy atom. The van der Waals surface area contributed by atoms with Crippen LogP contribution in [0.5, 0.6) is 5.75 Å². The molecule has 0 atom stereocenters. The molecule has 2 rings (SSSR count). The molecule has 2 aromatic rings. The van der Waals surface area contributed by atoms with Crippen LogP contribution in [0.1, 0.15) is 13.8 Å². The second kappa shape index (κ2) is 9.73. The summed E-state index contributed by atoms with van der Waals surface area (Å²) >= 11 is 5.94. The molecule has 0 bridgehead atoms. The average Bonchev–Trinajstić information content (AvgIpc) is 2.62. The van der Waals surface area contributed by atoms with Crippen LogP contribution in [0.15, 0.2) is 47.4 Å². The number of anilines is 2. The summed E-state index contributed by atoms with van der Waals surface area (Å²) in [6.45, 7) is 2.96. The van der Waals surface area contributed by atoms with Crippen LogP contribution >= 0.6 is 11.6 Å². The smallest absolute Gasteiger partial charge is 0.247 e. The summed E-state index contributed by atoms with van der Waals surface area (Å²) in [5, 5.41) is 5.45. The Bertz CT molecular complexity index is 1010. The fraction of sp³-hybridized carbons (Fsp3) is 0.263. The first-order valence-corrected chi connectivity index (χ1v) is 10.5. The maximum absolute atomic E-state index is 12.9. The number of nitrogens with one attached hydrogen (secondary N) is 2. The minimum absolute atomic E-state index is 0.116. The minimum Gasteiger partial charge on any atom is -0.492 e. The van der Waals surface area contributed by atoms with Crippen molar-refractivity contribution < 1.29 is 22.7 Å². The monoisotopic (exact) mass is 439 g/mol. The van der Waals surface area contributed by atoms with Gasteiger partial charge in [0.1, 0.15) is 10.6 Å². The molecule has 10 heteroatoms. The highest BCUT2D eigenvalue weighted by atomic mass is 35.5. The Labute approximate surface area is 174 Å². The van der Waals surface area contributed by atoms with Gasteiger partial charge in [-0.05, 0) is 43.3 Å². The lowest BCUT2D eigenvalue weighted by atomic mass is 10.2. The Morgan fingerprint density at radius 2 is 1.76 bits per heavy atom. The number of nitrogens with zero attached hydrogens (tertiary/aromatic N) is 1. The van der Waals surface area contributed by atoms with Crippen molar-refractivity contribution in [3.63, 3.8) is 0 Å². The van der Waals surface area contributed by atoms with Gasteiger partial charge >= 0.3 is 0 Å². The molecule has 29 heavy (non-hydrogen) atoms. The van der Waals surface area contributed by atoms with Crippen LogP contribution in [0, 0.1) is 0 Å². The number of carbonyl (C=O) groups excluding carboxylic acids is 2. The van der Waals surface area contributed by atoms with Gasteiger partial charge in [0.05, 0.1) is 13.2 Å². The molecule has 0 saturated carbocycles. The molecule has 2 N–H and O–H groups in total. The summed E-state index contributed by atoms with van der Waals surface area (Å²) in [4.78, 5) is 23.4. The normalized spacial score (nSPS) is 11.2. The van der Waals surface area contributed by atoms with Crippen molar-refractivity contribution >= 4 is 44.8 Å². The molecule has 0 aromatic heterocycles. The van der Waals surface area contributed by atoms with Gasteiger partial charge in [-0.2, -0.15) is 4.31 Å². The molecule has 0 saturated heterocycles. The lowest BCUT2D eigenvalue weighted by molar-refractivity contribution is -0.116. The number of carbonyl (C=O) groups is 2. The van der Waals surface area contributed by atoms with E-state index in [0.717, 1.165) is 4.31 Å². The first-order valence-electron chi connectivity index (χ1n) is 8.69. The number of amides is 2. The van der Waals surface area contributed by atoms with E-state index in [1.807, 2.05) is 0 Å². The zero-order valence-corrected chi connectivity index (χ0v) is 17.8. The van der Waals surface area contributed by atoms with Crippen molar-refractivity contribution in [1.29, 1.82) is 0 Å². The third-order valence-corrected chi connectivity index (χ3v) is 5.79. The summed E-state index contributed by atoms with van der Waals surface area (Å²) in [6.07, 6.45) is 0. The van der Waals surface area contributed by atoms with E-state index >= 15 is 0 Å². The highest BCUT2D eigenvalue weighted by molar-refractivity contribution is 7.89. The van der Waals surface area contributed by atoms with Crippen molar-refractivity contribution in [3.05, 3.63) is 47.5 Å². The summed E-state index contributed by atoms with van der Waals surface area (Å²) in [6, 6.07) is 10.8. The largest absolute Gasteiger partial charge is 0.492 e. The number of sulfonamides is 1. The number of ether oxygens (including phenoxy) is 1. The fourth-order valence-corrected chi connectivity index (χ4v) is 4.01. The van der Waals surface area contributed by atoms with Gasteiger partial charge < -0.3 is 15.4 Å². The van der Waals surface area contributed by atoms with Gasteiger partial charge in [-0.25, -0.2) is 8.42 Å². The molecule has 0 aliphatic rings. The van der Waals surface area contributed by atoms with Crippen molar-refractivity contribution in [2.45, 2.75) is 18.7 Å². The molecule has 0 heterocycles. The molecule has 0 fully saturated rings. The van der Waals surface area contributed by atoms with Crippen LogP contribution in [-0.2, 0) is 19.6 Å². The van der Waals surface area contributed by atoms with Gasteiger partial charge in [-0.15, -0.1) is 0 Å². The van der Waals surface area contributed by atoms with Crippen molar-refractivity contribution in [2.75, 3.05) is 30.8 Å². The minimum atomic E-state index is -4.02. The van der Waals surface area contributed by atoms with E-state index in [0.29, 0.717) is 11.4 Å². The molecular weight excluding hydrogens is 418 g/mol. The highest BCUT2D eigenvalue weighted by Crippen LogP contribution is 2.29. The summed E-state index contributed by atoms with van der Waals surface area (Å²) in [5.41, 5.74) is 0.932. The maximum Gasteiger partial charge on any atom is 0.247 e. The van der Waals surface area contributed by atoms with Gasteiger partial charge in [0.15, 0.2) is 0 Å². The third-order valence-electron chi connectivity index (χ3n) is 3.73. The second-order valence-corrected chi connectivity index (χ2v) is 8.55. The molecule has 2 aromatic carbocycles. The first kappa shape index (κ1) is 22.7. The Morgan fingerprint density at radius 1 is 1.10 bits per heavy atom. The van der Waals surface area contributed by atoms with E-state index in [1.165, 1.54) is 32.2 Å². The zero-order valence-electron chi connectivity index (χ0n) is 16.2. The molecule has 8 nitrogen and oxygen atoms in total. The number of hydrogen-bond acceptors (Lipinski definition) is 5. The van der Waals surface area contributed by atoms with Gasteiger partial charge in [0, 0.05) is 30.4 Å². The SMILES string of the molecule is CCOc1ccc(Cl)cc1S(=O)(=O)N(C)CC(=O)Nc1cccc(NC(C)=O)c1. The maximum atomic E-state index is 12.9. The molecule has 0 spiro atoms. The highest BCUT2D eigenvalue weighted by Gasteiger charge is 2.27. The van der Waals surface area contributed by atoms with Gasteiger partial charge in [-0.1, -0.05) is 17.7 Å². The van der Waals surface area contributed by atoms with Crippen LogP contribution in [0.4, 0.5) is 11.4 Å². The average molecular weight is 440 g/mol. The molecule has 0 unspecified atom stereocenters. The van der Waals surface area contributed by atoms with E-state index < -0.39 is 22.5 Å². The second-order valence-electron chi connectivity index (χ2n) is 6.10. The van der Waals surface area contributed by atoms with Gasteiger partial charge in [-0.3, -0.25) is 9.59 Å². The van der Waals surface area contributed by atoms with Gasteiger partial charge in [0.25, 0.3) is 0 Å². The topological polar surface area (TPSA) is 105 Å². The van der Waals surface area contributed by atoms with E-state index in [1.54, 1.807) is 31.2 Å². The lowest BCUT2D eigenvalue weighted by Gasteiger charge is -2.19. The molecular formula is C19H22ClN3O5S. The summed E-state index contributed by atoms with van der Waals surface area (Å²) in [5.74, 6) is -0.630. The van der Waals surface area contributed by atoms with Crippen LogP contribution in [0.3, 0.4) is 0 Å². The zero-order chi connectivity index (χ0) is 21.6. The van der Waals surface area contributed by atoms with E-state index in [9.17, 15) is 18.0 Å². The third kappa shape index (κ3) is 6.18. The van der Waals surface area contributed by atoms with Crippen LogP contribution in [0.2, 0.25) is 5.02 Å². The molecule has 0 aliphatic heterocycles. The predicted molar refractivity (Wildman–Crippen MR) is 112 cm³/mol. The summed E-state index contributed by atoms with van der Waals surface area (Å²) in [7, 11) is -2.73. The molecule has 0 radical (unpaired) electrons. The van der Waals surface area contributed by atoms with E-state index in [-0.39, 0.29) is 28.2 Å². The van der Waals surface area contributed by atoms with E-state index in [4.69, 9.17) is 16.3 Å². The number of likely N-dealkylation sites (N-methyl/N-ethyl adjacent to an activating group) is 1. The summed E-state index contributed by atoms with van der Waals surface area (Å²) < 4.78 is 32.1. The van der Waals surface area contributed by atoms with Crippen molar-refractivity contribution in [1.82, 2.24) is 4.31 Å².